The average Bonchev–Trinajstić information content (AvgIpc) is 2.91. The van der Waals surface area contributed by atoms with Crippen molar-refractivity contribution in [3.63, 3.8) is 0 Å². The average molecular weight is 280 g/mol. The first-order valence-electron chi connectivity index (χ1n) is 6.51. The van der Waals surface area contributed by atoms with Crippen LogP contribution < -0.4 is 5.32 Å². The largest absolute Gasteiger partial charge is 0.372 e. The Morgan fingerprint density at radius 1 is 1.47 bits per heavy atom. The van der Waals surface area contributed by atoms with E-state index in [1.807, 2.05) is 0 Å². The van der Waals surface area contributed by atoms with Gasteiger partial charge < -0.3 is 15.4 Å². The van der Waals surface area contributed by atoms with E-state index in [0.29, 0.717) is 16.8 Å². The maximum absolute atomic E-state index is 11.2. The molecule has 0 bridgehead atoms. The van der Waals surface area contributed by atoms with Crippen LogP contribution in [-0.4, -0.2) is 20.3 Å². The normalized spacial score (nSPS) is 23.6. The summed E-state index contributed by atoms with van der Waals surface area (Å²) in [7, 11) is 0. The van der Waals surface area contributed by atoms with Crippen LogP contribution >= 0.6 is 11.3 Å². The molecule has 19 heavy (non-hydrogen) atoms. The Morgan fingerprint density at radius 2 is 2.21 bits per heavy atom. The molecule has 7 heteroatoms. The van der Waals surface area contributed by atoms with E-state index in [0.717, 1.165) is 18.8 Å². The Bertz CT molecular complexity index is 598. The summed E-state index contributed by atoms with van der Waals surface area (Å²) < 4.78 is 1.54. The molecule has 0 spiro atoms. The molecule has 0 amide bonds. The van der Waals surface area contributed by atoms with Gasteiger partial charge in [0.25, 0.3) is 4.96 Å². The molecule has 1 N–H and O–H groups in total. The predicted molar refractivity (Wildman–Crippen MR) is 74.8 cm³/mol. The monoisotopic (exact) mass is 280 g/mol. The smallest absolute Gasteiger partial charge is 0.360 e. The van der Waals surface area contributed by atoms with Gasteiger partial charge in [0, 0.05) is 11.4 Å². The number of thiazole rings is 1. The third-order valence-electron chi connectivity index (χ3n) is 3.77. The summed E-state index contributed by atoms with van der Waals surface area (Å²) >= 11 is 1.41. The van der Waals surface area contributed by atoms with Gasteiger partial charge in [-0.05, 0) is 36.5 Å². The number of hydrogen-bond acceptors (Lipinski definition) is 5. The first-order chi connectivity index (χ1) is 9.15. The van der Waals surface area contributed by atoms with Gasteiger partial charge in [-0.1, -0.05) is 18.3 Å². The zero-order chi connectivity index (χ0) is 13.4. The molecule has 2 aromatic heterocycles. The Balaban J connectivity index is 1.86. The molecule has 102 valence electrons. The minimum absolute atomic E-state index is 0.0508. The SMILES string of the molecule is CC1CCC(Nc2nc3sccn3c2[N+](=O)[O-])CC1. The van der Waals surface area contributed by atoms with Gasteiger partial charge in [-0.2, -0.15) is 9.38 Å². The first kappa shape index (κ1) is 12.4. The molecule has 0 unspecified atom stereocenters. The van der Waals surface area contributed by atoms with Crippen LogP contribution in [0.1, 0.15) is 32.6 Å². The molecule has 2 aromatic rings. The summed E-state index contributed by atoms with van der Waals surface area (Å²) in [6.45, 7) is 2.26. The summed E-state index contributed by atoms with van der Waals surface area (Å²) in [5, 5.41) is 16.3. The van der Waals surface area contributed by atoms with Crippen molar-refractivity contribution in [3.05, 3.63) is 21.7 Å². The molecule has 1 saturated carbocycles. The molecule has 0 aliphatic heterocycles. The molecular formula is C12H16N4O2S. The van der Waals surface area contributed by atoms with E-state index in [4.69, 9.17) is 0 Å². The second kappa shape index (κ2) is 4.80. The van der Waals surface area contributed by atoms with Crippen molar-refractivity contribution in [1.82, 2.24) is 9.38 Å². The lowest BCUT2D eigenvalue weighted by Gasteiger charge is -2.26. The van der Waals surface area contributed by atoms with Gasteiger partial charge in [0.05, 0.1) is 0 Å². The fourth-order valence-electron chi connectivity index (χ4n) is 2.64. The summed E-state index contributed by atoms with van der Waals surface area (Å²) in [6.07, 6.45) is 6.16. The van der Waals surface area contributed by atoms with Gasteiger partial charge in [0.15, 0.2) is 0 Å². The van der Waals surface area contributed by atoms with E-state index >= 15 is 0 Å². The van der Waals surface area contributed by atoms with Crippen molar-refractivity contribution < 1.29 is 4.92 Å². The van der Waals surface area contributed by atoms with Crippen molar-refractivity contribution in [3.8, 4) is 0 Å². The van der Waals surface area contributed by atoms with Crippen LogP contribution in [0.4, 0.5) is 11.6 Å². The predicted octanol–water partition coefficient (Wildman–Crippen LogP) is 3.29. The van der Waals surface area contributed by atoms with Gasteiger partial charge in [-0.3, -0.25) is 0 Å². The van der Waals surface area contributed by atoms with Crippen LogP contribution in [0.5, 0.6) is 0 Å². The van der Waals surface area contributed by atoms with Gasteiger partial charge >= 0.3 is 5.82 Å². The third kappa shape index (κ3) is 2.30. The number of aromatic nitrogens is 2. The van der Waals surface area contributed by atoms with Crippen molar-refractivity contribution >= 4 is 27.9 Å². The topological polar surface area (TPSA) is 72.5 Å². The lowest BCUT2D eigenvalue weighted by atomic mass is 9.87. The van der Waals surface area contributed by atoms with Crippen LogP contribution in [0.2, 0.25) is 0 Å². The van der Waals surface area contributed by atoms with Gasteiger partial charge in [-0.25, -0.2) is 0 Å². The number of nitrogens with zero attached hydrogens (tertiary/aromatic N) is 3. The molecule has 0 saturated heterocycles. The van der Waals surface area contributed by atoms with E-state index < -0.39 is 0 Å². The number of anilines is 1. The highest BCUT2D eigenvalue weighted by Gasteiger charge is 2.26. The van der Waals surface area contributed by atoms with Gasteiger partial charge in [0.1, 0.15) is 6.20 Å². The van der Waals surface area contributed by atoms with Gasteiger partial charge in [-0.15, -0.1) is 0 Å². The van der Waals surface area contributed by atoms with Crippen molar-refractivity contribution in [1.29, 1.82) is 0 Å². The molecule has 2 heterocycles. The third-order valence-corrected chi connectivity index (χ3v) is 4.52. The summed E-state index contributed by atoms with van der Waals surface area (Å²) in [5.41, 5.74) is 0. The van der Waals surface area contributed by atoms with Crippen molar-refractivity contribution in [2.75, 3.05) is 5.32 Å². The van der Waals surface area contributed by atoms with Crippen LogP contribution in [0.15, 0.2) is 11.6 Å². The summed E-state index contributed by atoms with van der Waals surface area (Å²) in [4.78, 5) is 15.8. The maximum atomic E-state index is 11.2. The van der Waals surface area contributed by atoms with Crippen LogP contribution in [0.3, 0.4) is 0 Å². The Hall–Kier alpha value is -1.63. The van der Waals surface area contributed by atoms with E-state index in [1.54, 1.807) is 16.0 Å². The zero-order valence-corrected chi connectivity index (χ0v) is 11.5. The number of nitrogens with one attached hydrogen (secondary N) is 1. The van der Waals surface area contributed by atoms with Crippen molar-refractivity contribution in [2.45, 2.75) is 38.6 Å². The number of fused-ring (bicyclic) bond motifs is 1. The molecule has 0 aromatic carbocycles. The highest BCUT2D eigenvalue weighted by molar-refractivity contribution is 7.15. The molecular weight excluding hydrogens is 264 g/mol. The van der Waals surface area contributed by atoms with E-state index in [2.05, 4.69) is 17.2 Å². The standard InChI is InChI=1S/C12H16N4O2S/c1-8-2-4-9(5-3-8)13-10-11(16(17)18)15-6-7-19-12(15)14-10/h6-9,13H,2-5H2,1H3. The lowest BCUT2D eigenvalue weighted by molar-refractivity contribution is -0.389. The molecule has 0 radical (unpaired) electrons. The molecule has 6 nitrogen and oxygen atoms in total. The Labute approximate surface area is 114 Å². The van der Waals surface area contributed by atoms with Crippen LogP contribution in [0, 0.1) is 16.0 Å². The maximum Gasteiger partial charge on any atom is 0.372 e. The Kier molecular flexibility index (Phi) is 3.14. The number of nitro groups is 1. The van der Waals surface area contributed by atoms with Gasteiger partial charge in [0.2, 0.25) is 5.82 Å². The fourth-order valence-corrected chi connectivity index (χ4v) is 3.35. The number of imidazole rings is 1. The van der Waals surface area contributed by atoms with Crippen LogP contribution in [0.25, 0.3) is 4.96 Å². The highest BCUT2D eigenvalue weighted by atomic mass is 32.1. The van der Waals surface area contributed by atoms with E-state index in [-0.39, 0.29) is 10.7 Å². The number of hydrogen-bond donors (Lipinski definition) is 1. The Morgan fingerprint density at radius 3 is 2.89 bits per heavy atom. The minimum Gasteiger partial charge on any atom is -0.360 e. The molecule has 0 atom stereocenters. The van der Waals surface area contributed by atoms with Crippen LogP contribution in [-0.2, 0) is 0 Å². The van der Waals surface area contributed by atoms with Crippen molar-refractivity contribution in [2.24, 2.45) is 5.92 Å². The quantitative estimate of drug-likeness (QED) is 0.691. The second-order valence-electron chi connectivity index (χ2n) is 5.20. The molecule has 3 rings (SSSR count). The first-order valence-corrected chi connectivity index (χ1v) is 7.39. The lowest BCUT2D eigenvalue weighted by Crippen LogP contribution is -2.25. The second-order valence-corrected chi connectivity index (χ2v) is 6.07. The highest BCUT2D eigenvalue weighted by Crippen LogP contribution is 2.31. The zero-order valence-electron chi connectivity index (χ0n) is 10.7. The summed E-state index contributed by atoms with van der Waals surface area (Å²) in [6, 6.07) is 0.305. The van der Waals surface area contributed by atoms with E-state index in [9.17, 15) is 10.1 Å². The molecule has 1 fully saturated rings. The molecule has 1 aliphatic carbocycles. The van der Waals surface area contributed by atoms with E-state index in [1.165, 1.54) is 24.2 Å². The summed E-state index contributed by atoms with van der Waals surface area (Å²) in [5.74, 6) is 1.23. The molecule has 1 aliphatic rings. The number of rotatable bonds is 3. The minimum atomic E-state index is -0.361. The fraction of sp³-hybridized carbons (Fsp3) is 0.583.